The number of rotatable bonds is 13. The van der Waals surface area contributed by atoms with Crippen molar-refractivity contribution in [2.24, 2.45) is 11.8 Å². The topological polar surface area (TPSA) is 135 Å². The van der Waals surface area contributed by atoms with Gasteiger partial charge in [0.1, 0.15) is 17.4 Å². The molecule has 0 unspecified atom stereocenters. The lowest BCUT2D eigenvalue weighted by Crippen LogP contribution is -2.08. The molecule has 0 aliphatic heterocycles. The van der Waals surface area contributed by atoms with E-state index in [0.717, 1.165) is 91.9 Å². The van der Waals surface area contributed by atoms with E-state index in [2.05, 4.69) is 30.9 Å². The minimum absolute atomic E-state index is 0. The fraction of sp³-hybridized carbons (Fsp3) is 0.304. The number of aromatic amines is 2. The van der Waals surface area contributed by atoms with Crippen LogP contribution in [-0.4, -0.2) is 54.4 Å². The highest BCUT2D eigenvalue weighted by atomic mass is 79.9. The lowest BCUT2D eigenvalue weighted by atomic mass is 10.0. The van der Waals surface area contributed by atoms with E-state index < -0.39 is 19.7 Å². The molecule has 5 aromatic carbocycles. The molecule has 7 aromatic rings. The van der Waals surface area contributed by atoms with E-state index in [-0.39, 0.29) is 25.0 Å². The van der Waals surface area contributed by atoms with E-state index in [9.17, 15) is 16.8 Å². The van der Waals surface area contributed by atoms with Crippen molar-refractivity contribution in [2.75, 3.05) is 11.5 Å². The zero-order valence-corrected chi connectivity index (χ0v) is 37.2. The molecule has 2 aliphatic rings. The molecular formula is C46H47BrCl2N4O5S2. The molecule has 14 heteroatoms. The van der Waals surface area contributed by atoms with E-state index in [1.165, 1.54) is 0 Å². The molecule has 2 aromatic heterocycles. The van der Waals surface area contributed by atoms with Gasteiger partial charge in [0, 0.05) is 28.4 Å². The minimum Gasteiger partial charge on any atom is -0.490 e. The molecule has 0 saturated heterocycles. The Morgan fingerprint density at radius 1 is 0.667 bits per heavy atom. The normalized spacial score (nSPS) is 14.2. The van der Waals surface area contributed by atoms with E-state index in [0.29, 0.717) is 44.5 Å². The van der Waals surface area contributed by atoms with Gasteiger partial charge in [0.25, 0.3) is 0 Å². The van der Waals surface area contributed by atoms with Gasteiger partial charge in [0.15, 0.2) is 19.7 Å². The molecule has 2 aliphatic carbocycles. The summed E-state index contributed by atoms with van der Waals surface area (Å²) in [7, 11) is -6.36. The monoisotopic (exact) mass is 948 g/mol. The minimum atomic E-state index is -3.20. The van der Waals surface area contributed by atoms with Gasteiger partial charge in [-0.1, -0.05) is 73.1 Å². The molecule has 2 fully saturated rings. The first-order valence-electron chi connectivity index (χ1n) is 19.6. The van der Waals surface area contributed by atoms with Crippen LogP contribution in [0.5, 0.6) is 5.75 Å². The van der Waals surface area contributed by atoms with Crippen LogP contribution in [0.4, 0.5) is 0 Å². The predicted molar refractivity (Wildman–Crippen MR) is 246 cm³/mol. The second kappa shape index (κ2) is 18.0. The lowest BCUT2D eigenvalue weighted by Gasteiger charge is -2.15. The second-order valence-electron chi connectivity index (χ2n) is 15.8. The maximum absolute atomic E-state index is 12.5. The number of H-pyrrole nitrogens is 2. The number of nitrogens with one attached hydrogen (secondary N) is 2. The number of nitrogens with zero attached hydrogens (tertiary/aromatic N) is 2. The summed E-state index contributed by atoms with van der Waals surface area (Å²) in [6, 6.07) is 29.7. The Bertz CT molecular complexity index is 2830. The highest BCUT2D eigenvalue weighted by molar-refractivity contribution is 9.10. The maximum atomic E-state index is 12.5. The van der Waals surface area contributed by atoms with Crippen molar-refractivity contribution in [1.29, 1.82) is 0 Å². The number of hydrogen-bond donors (Lipinski definition) is 2. The number of para-hydroxylation sites is 1. The summed E-state index contributed by atoms with van der Waals surface area (Å²) in [6.45, 7) is 3.99. The smallest absolute Gasteiger partial charge is 0.178 e. The molecule has 2 saturated carbocycles. The third kappa shape index (κ3) is 10.6. The molecule has 2 N–H and O–H groups in total. The lowest BCUT2D eigenvalue weighted by molar-refractivity contribution is 0.243. The van der Waals surface area contributed by atoms with Gasteiger partial charge in [-0.3, -0.25) is 0 Å². The van der Waals surface area contributed by atoms with Crippen LogP contribution in [0.1, 0.15) is 69.7 Å². The van der Waals surface area contributed by atoms with Crippen LogP contribution in [0.25, 0.3) is 33.2 Å². The van der Waals surface area contributed by atoms with Gasteiger partial charge in [-0.05, 0) is 133 Å². The fourth-order valence-electron chi connectivity index (χ4n) is 6.96. The van der Waals surface area contributed by atoms with E-state index in [1.54, 1.807) is 24.3 Å². The second-order valence-corrected chi connectivity index (χ2v) is 21.5. The maximum Gasteiger partial charge on any atom is 0.178 e. The van der Waals surface area contributed by atoms with Crippen LogP contribution < -0.4 is 4.74 Å². The first-order chi connectivity index (χ1) is 28.2. The van der Waals surface area contributed by atoms with E-state index in [1.807, 2.05) is 86.6 Å². The van der Waals surface area contributed by atoms with Gasteiger partial charge in [0.2, 0.25) is 0 Å². The highest BCUT2D eigenvalue weighted by Gasteiger charge is 2.30. The third-order valence-corrected chi connectivity index (χ3v) is 15.7. The third-order valence-electron chi connectivity index (χ3n) is 10.3. The van der Waals surface area contributed by atoms with Crippen LogP contribution in [0, 0.1) is 11.8 Å². The summed E-state index contributed by atoms with van der Waals surface area (Å²) in [5, 5.41) is 1.25. The van der Waals surface area contributed by atoms with Crippen molar-refractivity contribution < 1.29 is 21.6 Å². The standard InChI is InChI=1S/C27H27ClN2O3S.C18H16BrClN2O2S.CH4/c1-17(2)33-26-6-4-3-5-21(26)22-14-24-25(15-23(22)28)30-27(29-24)13-18-9-11-20(12-10-18)34(31,32)16-19-7-8-19;19-14-8-16-17(9-15(14)20)22-18(21-16)7-11-3-5-13(6-4-11)25(23,24)10-12-1-2-12;/h3-6,9-12,14-15,17,19H,7-8,13,16H2,1-2H3,(H,29,30);3-6,8-9,12H,1-2,7,10H2,(H,21,22);1H4. The van der Waals surface area contributed by atoms with Crippen LogP contribution in [0.2, 0.25) is 10.0 Å². The van der Waals surface area contributed by atoms with Crippen LogP contribution in [0.15, 0.2) is 111 Å². The molecule has 0 atom stereocenters. The molecule has 314 valence electrons. The number of hydrogen-bond acceptors (Lipinski definition) is 7. The molecule has 9 nitrogen and oxygen atoms in total. The Labute approximate surface area is 370 Å². The first-order valence-corrected chi connectivity index (χ1v) is 24.5. The fourth-order valence-corrected chi connectivity index (χ4v) is 11.1. The number of ether oxygens (including phenoxy) is 1. The number of aromatic nitrogens is 4. The van der Waals surface area contributed by atoms with Gasteiger partial charge in [-0.15, -0.1) is 0 Å². The Morgan fingerprint density at radius 2 is 1.13 bits per heavy atom. The van der Waals surface area contributed by atoms with Crippen molar-refractivity contribution in [1.82, 2.24) is 19.9 Å². The summed E-state index contributed by atoms with van der Waals surface area (Å²) < 4.78 is 56.4. The molecule has 2 heterocycles. The van der Waals surface area contributed by atoms with E-state index in [4.69, 9.17) is 32.9 Å². The number of halogens is 3. The number of imidazole rings is 2. The largest absolute Gasteiger partial charge is 0.490 e. The van der Waals surface area contributed by atoms with Gasteiger partial charge in [-0.2, -0.15) is 0 Å². The number of sulfone groups is 2. The summed E-state index contributed by atoms with van der Waals surface area (Å²) in [4.78, 5) is 16.7. The van der Waals surface area contributed by atoms with Crippen molar-refractivity contribution in [2.45, 2.75) is 75.7 Å². The summed E-state index contributed by atoms with van der Waals surface area (Å²) in [6.07, 6.45) is 5.32. The predicted octanol–water partition coefficient (Wildman–Crippen LogP) is 11.8. The molecular weight excluding hydrogens is 903 g/mol. The van der Waals surface area contributed by atoms with Crippen LogP contribution in [0.3, 0.4) is 0 Å². The first kappa shape index (κ1) is 43.9. The van der Waals surface area contributed by atoms with Crippen LogP contribution in [-0.2, 0) is 32.5 Å². The quantitative estimate of drug-likeness (QED) is 0.117. The molecule has 9 rings (SSSR count). The molecule has 0 radical (unpaired) electrons. The summed E-state index contributed by atoms with van der Waals surface area (Å²) >= 11 is 16.2. The van der Waals surface area contributed by atoms with Crippen molar-refractivity contribution in [3.63, 3.8) is 0 Å². The van der Waals surface area contributed by atoms with Crippen molar-refractivity contribution >= 4 is 80.9 Å². The molecule has 60 heavy (non-hydrogen) atoms. The van der Waals surface area contributed by atoms with Gasteiger partial charge >= 0.3 is 0 Å². The molecule has 0 spiro atoms. The average Bonchev–Trinajstić information content (AvgIpc) is 4.11. The Balaban J connectivity index is 0.000000187. The Hall–Kier alpha value is -4.20. The SMILES string of the molecule is C.CC(C)Oc1ccccc1-c1cc2nc(Cc3ccc(S(=O)(=O)CC4CC4)cc3)[nH]c2cc1Cl.O=S(=O)(CC1CC1)c1ccc(Cc2nc3cc(Br)c(Cl)cc3[nH]2)cc1. The Morgan fingerprint density at radius 3 is 1.62 bits per heavy atom. The van der Waals surface area contributed by atoms with Crippen molar-refractivity contribution in [3.8, 4) is 16.9 Å². The van der Waals surface area contributed by atoms with Crippen LogP contribution >= 0.6 is 39.1 Å². The molecule has 0 amide bonds. The Kier molecular flexibility index (Phi) is 13.2. The zero-order chi connectivity index (χ0) is 41.5. The summed E-state index contributed by atoms with van der Waals surface area (Å²) in [5.41, 5.74) is 7.19. The summed E-state index contributed by atoms with van der Waals surface area (Å²) in [5.74, 6) is 3.61. The van der Waals surface area contributed by atoms with E-state index >= 15 is 0 Å². The number of fused-ring (bicyclic) bond motifs is 2. The van der Waals surface area contributed by atoms with Gasteiger partial charge in [-0.25, -0.2) is 26.8 Å². The highest BCUT2D eigenvalue weighted by Crippen LogP contribution is 2.38. The number of benzene rings is 5. The molecule has 0 bridgehead atoms. The average molecular weight is 951 g/mol. The van der Waals surface area contributed by atoms with Gasteiger partial charge in [0.05, 0.1) is 59.5 Å². The zero-order valence-electron chi connectivity index (χ0n) is 32.5. The van der Waals surface area contributed by atoms with Gasteiger partial charge < -0.3 is 14.7 Å². The van der Waals surface area contributed by atoms with Crippen molar-refractivity contribution in [3.05, 3.63) is 134 Å².